The van der Waals surface area contributed by atoms with Gasteiger partial charge in [0.15, 0.2) is 0 Å². The van der Waals surface area contributed by atoms with Gasteiger partial charge in [-0.25, -0.2) is 0 Å². The molecule has 0 amide bonds. The topological polar surface area (TPSA) is 21.7 Å². The van der Waals surface area contributed by atoms with Gasteiger partial charge in [0.2, 0.25) is 0 Å². The Morgan fingerprint density at radius 3 is 1.33 bits per heavy atom. The van der Waals surface area contributed by atoms with E-state index in [1.165, 1.54) is 27.7 Å². The van der Waals surface area contributed by atoms with Gasteiger partial charge in [-0.15, -0.1) is 0 Å². The molecule has 9 aromatic carbocycles. The van der Waals surface area contributed by atoms with Crippen molar-refractivity contribution in [1.82, 2.24) is 0 Å². The molecule has 2 heterocycles. The van der Waals surface area contributed by atoms with Crippen LogP contribution in [0.5, 0.6) is 23.0 Å². The minimum atomic E-state index is -0.102. The molecule has 0 aromatic heterocycles. The van der Waals surface area contributed by atoms with Crippen molar-refractivity contribution in [3.05, 3.63) is 218 Å². The summed E-state index contributed by atoms with van der Waals surface area (Å²) < 4.78 is 13.8. The first-order valence-corrected chi connectivity index (χ1v) is 19.8. The summed E-state index contributed by atoms with van der Waals surface area (Å²) in [5.41, 5.74) is 15.5. The van der Waals surface area contributed by atoms with Crippen LogP contribution in [0, 0.1) is 0 Å². The number of rotatable bonds is 4. The van der Waals surface area contributed by atoms with Crippen LogP contribution in [0.15, 0.2) is 218 Å². The number of ether oxygens (including phenoxy) is 2. The zero-order valence-corrected chi connectivity index (χ0v) is 31.6. The Labute approximate surface area is 339 Å². The molecule has 0 unspecified atom stereocenters. The molecule has 272 valence electrons. The predicted molar refractivity (Wildman–Crippen MR) is 241 cm³/mol. The van der Waals surface area contributed by atoms with Crippen LogP contribution >= 0.6 is 0 Å². The van der Waals surface area contributed by atoms with Crippen LogP contribution in [-0.4, -0.2) is 6.71 Å². The molecule has 0 atom stereocenters. The Morgan fingerprint density at radius 1 is 0.310 bits per heavy atom. The molecule has 0 fully saturated rings. The molecule has 2 aliphatic rings. The molecule has 0 aliphatic carbocycles. The number of anilines is 3. The number of benzene rings is 9. The third kappa shape index (κ3) is 5.69. The minimum absolute atomic E-state index is 0.102. The van der Waals surface area contributed by atoms with Gasteiger partial charge in [0.05, 0.1) is 11.4 Å². The van der Waals surface area contributed by atoms with Crippen molar-refractivity contribution in [2.24, 2.45) is 0 Å². The summed E-state index contributed by atoms with van der Waals surface area (Å²) >= 11 is 0. The fourth-order valence-corrected chi connectivity index (χ4v) is 8.89. The van der Waals surface area contributed by atoms with Gasteiger partial charge in [-0.2, -0.15) is 0 Å². The fourth-order valence-electron chi connectivity index (χ4n) is 8.89. The second-order valence-electron chi connectivity index (χ2n) is 14.8. The predicted octanol–water partition coefficient (Wildman–Crippen LogP) is 12.6. The third-order valence-corrected chi connectivity index (χ3v) is 11.4. The Balaban J connectivity index is 1.17. The molecule has 11 rings (SSSR count). The fraction of sp³-hybridized carbons (Fsp3) is 0. The number of hydrogen-bond acceptors (Lipinski definition) is 3. The van der Waals surface area contributed by atoms with E-state index in [2.05, 4.69) is 211 Å². The van der Waals surface area contributed by atoms with E-state index in [1.807, 2.05) is 12.1 Å². The van der Waals surface area contributed by atoms with E-state index in [0.717, 1.165) is 73.2 Å². The highest BCUT2D eigenvalue weighted by molar-refractivity contribution is 6.98. The molecule has 0 saturated heterocycles. The number of fused-ring (bicyclic) bond motifs is 8. The van der Waals surface area contributed by atoms with E-state index in [-0.39, 0.29) is 6.71 Å². The summed E-state index contributed by atoms with van der Waals surface area (Å²) in [6, 6.07) is 77.4. The highest BCUT2D eigenvalue weighted by Crippen LogP contribution is 2.50. The van der Waals surface area contributed by atoms with E-state index in [9.17, 15) is 0 Å². The maximum atomic E-state index is 6.99. The van der Waals surface area contributed by atoms with Crippen molar-refractivity contribution < 1.29 is 9.47 Å². The van der Waals surface area contributed by atoms with E-state index < -0.39 is 0 Å². The summed E-state index contributed by atoms with van der Waals surface area (Å²) in [4.78, 5) is 2.38. The lowest BCUT2D eigenvalue weighted by Crippen LogP contribution is -2.56. The molecule has 58 heavy (non-hydrogen) atoms. The average molecular weight is 742 g/mol. The largest absolute Gasteiger partial charge is 0.458 e. The summed E-state index contributed by atoms with van der Waals surface area (Å²) in [6.45, 7) is -0.102. The Kier molecular flexibility index (Phi) is 8.26. The van der Waals surface area contributed by atoms with Crippen LogP contribution in [0.3, 0.4) is 0 Å². The second kappa shape index (κ2) is 14.2. The van der Waals surface area contributed by atoms with Crippen molar-refractivity contribution in [3.8, 4) is 67.5 Å². The molecule has 0 bridgehead atoms. The van der Waals surface area contributed by atoms with Crippen LogP contribution in [0.1, 0.15) is 0 Å². The van der Waals surface area contributed by atoms with Crippen molar-refractivity contribution in [2.75, 3.05) is 4.90 Å². The maximum Gasteiger partial charge on any atom is 0.252 e. The minimum Gasteiger partial charge on any atom is -0.458 e. The van der Waals surface area contributed by atoms with Gasteiger partial charge in [-0.05, 0) is 69.6 Å². The molecule has 0 radical (unpaired) electrons. The Hall–Kier alpha value is -7.56. The third-order valence-electron chi connectivity index (χ3n) is 11.4. The molecule has 2 aliphatic heterocycles. The molecular weight excluding hydrogens is 705 g/mol. The number of para-hydroxylation sites is 5. The van der Waals surface area contributed by atoms with E-state index in [4.69, 9.17) is 9.47 Å². The summed E-state index contributed by atoms with van der Waals surface area (Å²) in [6.07, 6.45) is 0. The molecular formula is C54H36BNO2. The van der Waals surface area contributed by atoms with E-state index in [1.54, 1.807) is 0 Å². The van der Waals surface area contributed by atoms with Gasteiger partial charge in [0, 0.05) is 34.0 Å². The zero-order chi connectivity index (χ0) is 38.4. The first-order chi connectivity index (χ1) is 28.8. The lowest BCUT2D eigenvalue weighted by molar-refractivity contribution is 0.486. The monoisotopic (exact) mass is 741 g/mol. The van der Waals surface area contributed by atoms with Gasteiger partial charge in [-0.1, -0.05) is 181 Å². The molecule has 4 heteroatoms. The molecule has 9 aromatic rings. The number of nitrogens with zero attached hydrogens (tertiary/aromatic N) is 1. The zero-order valence-electron chi connectivity index (χ0n) is 31.6. The normalized spacial score (nSPS) is 12.3. The Morgan fingerprint density at radius 2 is 0.741 bits per heavy atom. The van der Waals surface area contributed by atoms with Crippen LogP contribution in [0.2, 0.25) is 0 Å². The van der Waals surface area contributed by atoms with E-state index >= 15 is 0 Å². The molecule has 0 saturated carbocycles. The summed E-state index contributed by atoms with van der Waals surface area (Å²) in [5, 5.41) is 0. The summed E-state index contributed by atoms with van der Waals surface area (Å²) in [7, 11) is 0. The lowest BCUT2D eigenvalue weighted by Gasteiger charge is -2.33. The number of hydrogen-bond donors (Lipinski definition) is 0. The lowest BCUT2D eigenvalue weighted by atomic mass is 9.34. The van der Waals surface area contributed by atoms with Crippen molar-refractivity contribution in [3.63, 3.8) is 0 Å². The van der Waals surface area contributed by atoms with Gasteiger partial charge in [0.25, 0.3) is 6.71 Å². The van der Waals surface area contributed by atoms with Crippen LogP contribution in [0.25, 0.3) is 44.5 Å². The SMILES string of the molecule is c1ccc(-c2cccc(-c3ccccc3)c2B2c3ccccc3Oc3cc(N4c5ccccc5-c5ccccc5Oc5ccccc5-c5ccccc54)ccc32)cc1. The van der Waals surface area contributed by atoms with E-state index in [0.29, 0.717) is 0 Å². The molecule has 3 nitrogen and oxygen atoms in total. The van der Waals surface area contributed by atoms with Crippen molar-refractivity contribution >= 4 is 40.2 Å². The Bertz CT molecular complexity index is 2830. The standard InChI is InChI=1S/C54H36BNO2/c1-3-18-37(19-4-1)40-26-17-27-41(38-20-5-2-6-21-38)54(40)55-46-28-11-16-33-52(46)58-53-36-39(34-35-47(53)55)56-48-29-12-7-22-42(48)44-24-9-14-31-50(44)57-51-32-15-10-25-45(51)43-23-8-13-30-49(43)56/h1-36H. The van der Waals surface area contributed by atoms with Crippen LogP contribution in [0.4, 0.5) is 17.1 Å². The highest BCUT2D eigenvalue weighted by Gasteiger charge is 2.36. The molecule has 0 spiro atoms. The van der Waals surface area contributed by atoms with Crippen LogP contribution < -0.4 is 30.8 Å². The van der Waals surface area contributed by atoms with Gasteiger partial charge in [0.1, 0.15) is 23.0 Å². The quantitative estimate of drug-likeness (QED) is 0.168. The first kappa shape index (κ1) is 33.8. The smallest absolute Gasteiger partial charge is 0.252 e. The van der Waals surface area contributed by atoms with Gasteiger partial charge in [-0.3, -0.25) is 0 Å². The van der Waals surface area contributed by atoms with Crippen molar-refractivity contribution in [1.29, 1.82) is 0 Å². The van der Waals surface area contributed by atoms with Gasteiger partial charge >= 0.3 is 0 Å². The first-order valence-electron chi connectivity index (χ1n) is 19.8. The van der Waals surface area contributed by atoms with Gasteiger partial charge < -0.3 is 14.4 Å². The molecule has 0 N–H and O–H groups in total. The maximum absolute atomic E-state index is 6.99. The average Bonchev–Trinajstić information content (AvgIpc) is 3.29. The second-order valence-corrected chi connectivity index (χ2v) is 14.8. The van der Waals surface area contributed by atoms with Crippen LogP contribution in [-0.2, 0) is 0 Å². The van der Waals surface area contributed by atoms with Crippen molar-refractivity contribution in [2.45, 2.75) is 0 Å². The highest BCUT2D eigenvalue weighted by atomic mass is 16.5. The summed E-state index contributed by atoms with van der Waals surface area (Å²) in [5.74, 6) is 3.31.